The van der Waals surface area contributed by atoms with E-state index in [4.69, 9.17) is 37.0 Å². The topological polar surface area (TPSA) is 237 Å². The Morgan fingerprint density at radius 3 is 0.648 bits per heavy atom. The van der Waals surface area contributed by atoms with Gasteiger partial charge in [-0.25, -0.2) is 9.13 Å². The zero-order chi connectivity index (χ0) is 77.1. The van der Waals surface area contributed by atoms with Crippen LogP contribution in [0.5, 0.6) is 0 Å². The van der Waals surface area contributed by atoms with E-state index in [1.165, 1.54) is 276 Å². The first-order chi connectivity index (χ1) is 50.9. The number of rotatable bonds is 85. The highest BCUT2D eigenvalue weighted by Crippen LogP contribution is 2.45. The van der Waals surface area contributed by atoms with Gasteiger partial charge >= 0.3 is 39.5 Å². The number of esters is 4. The van der Waals surface area contributed by atoms with Crippen molar-refractivity contribution in [3.05, 3.63) is 0 Å². The van der Waals surface area contributed by atoms with Gasteiger partial charge in [0.15, 0.2) is 12.2 Å². The van der Waals surface area contributed by atoms with Crippen LogP contribution >= 0.6 is 15.6 Å². The first-order valence-electron chi connectivity index (χ1n) is 44.5. The first-order valence-corrected chi connectivity index (χ1v) is 47.5. The average molecular weight is 1540 g/mol. The molecule has 0 saturated carbocycles. The van der Waals surface area contributed by atoms with Gasteiger partial charge in [-0.15, -0.1) is 0 Å². The fourth-order valence-electron chi connectivity index (χ4n) is 13.4. The molecular formula is C86H168O17P2. The van der Waals surface area contributed by atoms with Gasteiger partial charge in [0.2, 0.25) is 0 Å². The molecule has 0 aliphatic carbocycles. The second kappa shape index (κ2) is 77.4. The van der Waals surface area contributed by atoms with Crippen LogP contribution in [0.4, 0.5) is 0 Å². The molecule has 19 heteroatoms. The molecule has 0 bridgehead atoms. The van der Waals surface area contributed by atoms with Crippen molar-refractivity contribution in [1.82, 2.24) is 0 Å². The Morgan fingerprint density at radius 1 is 0.257 bits per heavy atom. The van der Waals surface area contributed by atoms with Gasteiger partial charge in [0.05, 0.1) is 26.4 Å². The summed E-state index contributed by atoms with van der Waals surface area (Å²) in [5.41, 5.74) is 0. The van der Waals surface area contributed by atoms with Gasteiger partial charge < -0.3 is 33.8 Å². The van der Waals surface area contributed by atoms with Gasteiger partial charge in [0.25, 0.3) is 0 Å². The van der Waals surface area contributed by atoms with Gasteiger partial charge in [0.1, 0.15) is 19.3 Å². The van der Waals surface area contributed by atoms with E-state index in [-0.39, 0.29) is 25.7 Å². The van der Waals surface area contributed by atoms with Crippen LogP contribution in [0.15, 0.2) is 0 Å². The third-order valence-electron chi connectivity index (χ3n) is 20.2. The Labute approximate surface area is 645 Å². The number of ether oxygens (including phenoxy) is 4. The number of aliphatic hydroxyl groups is 1. The Balaban J connectivity index is 5.24. The van der Waals surface area contributed by atoms with Crippen molar-refractivity contribution in [2.75, 3.05) is 39.6 Å². The molecule has 0 saturated heterocycles. The molecule has 0 heterocycles. The largest absolute Gasteiger partial charge is 0.472 e. The highest BCUT2D eigenvalue weighted by atomic mass is 31.2. The van der Waals surface area contributed by atoms with E-state index < -0.39 is 97.5 Å². The molecule has 0 radical (unpaired) electrons. The molecule has 105 heavy (non-hydrogen) atoms. The third kappa shape index (κ3) is 79.9. The second-order valence-corrected chi connectivity index (χ2v) is 34.8. The van der Waals surface area contributed by atoms with Gasteiger partial charge in [-0.1, -0.05) is 408 Å². The van der Waals surface area contributed by atoms with E-state index in [0.29, 0.717) is 25.7 Å². The number of unbranched alkanes of at least 4 members (excludes halogenated alkanes) is 55. The highest BCUT2D eigenvalue weighted by Gasteiger charge is 2.30. The maximum Gasteiger partial charge on any atom is 0.472 e. The minimum Gasteiger partial charge on any atom is -0.462 e. The number of phosphoric acid groups is 2. The van der Waals surface area contributed by atoms with E-state index in [1.54, 1.807) is 0 Å². The minimum absolute atomic E-state index is 0.108. The summed E-state index contributed by atoms with van der Waals surface area (Å²) in [4.78, 5) is 73.2. The Morgan fingerprint density at radius 2 is 0.438 bits per heavy atom. The van der Waals surface area contributed by atoms with Crippen LogP contribution in [0.2, 0.25) is 0 Å². The van der Waals surface area contributed by atoms with Crippen LogP contribution in [0.3, 0.4) is 0 Å². The van der Waals surface area contributed by atoms with Crippen molar-refractivity contribution in [3.8, 4) is 0 Å². The zero-order valence-electron chi connectivity index (χ0n) is 69.0. The Hall–Kier alpha value is -1.94. The summed E-state index contributed by atoms with van der Waals surface area (Å²) in [5.74, 6) is -0.569. The molecule has 2 unspecified atom stereocenters. The molecule has 0 aromatic rings. The number of aliphatic hydroxyl groups excluding tert-OH is 1. The van der Waals surface area contributed by atoms with Crippen molar-refractivity contribution in [2.24, 2.45) is 11.8 Å². The molecule has 0 aromatic heterocycles. The summed E-state index contributed by atoms with van der Waals surface area (Å²) in [7, 11) is -9.93. The molecule has 0 fully saturated rings. The van der Waals surface area contributed by atoms with E-state index in [0.717, 1.165) is 102 Å². The number of carbonyl (C=O) groups excluding carboxylic acids is 4. The summed E-state index contributed by atoms with van der Waals surface area (Å²) in [6.45, 7) is 9.67. The molecular weight excluding hydrogens is 1370 g/mol. The third-order valence-corrected chi connectivity index (χ3v) is 22.1. The molecule has 3 N–H and O–H groups in total. The molecule has 17 nitrogen and oxygen atoms in total. The lowest BCUT2D eigenvalue weighted by Gasteiger charge is -2.21. The van der Waals surface area contributed by atoms with Crippen molar-refractivity contribution in [2.45, 2.75) is 477 Å². The number of hydrogen-bond acceptors (Lipinski definition) is 15. The molecule has 0 aliphatic rings. The lowest BCUT2D eigenvalue weighted by Crippen LogP contribution is -2.30. The number of hydrogen-bond donors (Lipinski definition) is 3. The van der Waals surface area contributed by atoms with Crippen LogP contribution < -0.4 is 0 Å². The van der Waals surface area contributed by atoms with Crippen LogP contribution in [0.1, 0.15) is 459 Å². The predicted octanol–water partition coefficient (Wildman–Crippen LogP) is 26.2. The van der Waals surface area contributed by atoms with E-state index in [9.17, 15) is 43.2 Å². The summed E-state index contributed by atoms with van der Waals surface area (Å²) >= 11 is 0. The van der Waals surface area contributed by atoms with Gasteiger partial charge in [-0.3, -0.25) is 37.3 Å². The van der Waals surface area contributed by atoms with Gasteiger partial charge in [0, 0.05) is 25.7 Å². The standard InChI is InChI=1S/C86H168O17P2/c1-7-9-11-13-15-17-19-21-23-25-26-27-28-32-37-41-45-53-59-65-71-85(90)102-81(74-96-83(88)68-62-56-50-43-39-35-33-29-30-34-38-42-48-54-60-66-78(3)4)76-100-104(92,93)98-72-80(87)73-99-105(94,95)101-77-82(75-97-84(89)69-63-57-51-47-46-49-55-61-67-79(5)6)103-86(91)70-64-58-52-44-40-36-31-24-22-20-18-16-14-12-10-8-2/h78-82,87H,7-77H2,1-6H3,(H,92,93)(H,94,95)/t80-,81-,82-/m1/s1. The van der Waals surface area contributed by atoms with Crippen molar-refractivity contribution >= 4 is 39.5 Å². The fourth-order valence-corrected chi connectivity index (χ4v) is 15.0. The van der Waals surface area contributed by atoms with Crippen molar-refractivity contribution < 1.29 is 80.2 Å². The monoisotopic (exact) mass is 1540 g/mol. The SMILES string of the molecule is CCCCCCCCCCCCCCCCCCCCCCC(=O)O[C@H](COC(=O)CCCCCCCCCCCCCCCCCC(C)C)COP(=O)(O)OC[C@@H](O)COP(=O)(O)OC[C@@H](COC(=O)CCCCCCCCCCC(C)C)OC(=O)CCCCCCCCCCCCCCCCCC. The molecule has 0 aromatic carbocycles. The molecule has 0 amide bonds. The summed E-state index contributed by atoms with van der Waals surface area (Å²) in [6.07, 6.45) is 69.5. The summed E-state index contributed by atoms with van der Waals surface area (Å²) in [6, 6.07) is 0. The lowest BCUT2D eigenvalue weighted by molar-refractivity contribution is -0.161. The molecule has 5 atom stereocenters. The van der Waals surface area contributed by atoms with Gasteiger partial charge in [-0.2, -0.15) is 0 Å². The first kappa shape index (κ1) is 103. The van der Waals surface area contributed by atoms with E-state index in [1.807, 2.05) is 0 Å². The molecule has 0 aliphatic heterocycles. The van der Waals surface area contributed by atoms with Crippen molar-refractivity contribution in [3.63, 3.8) is 0 Å². The normalized spacial score (nSPS) is 13.8. The Bertz CT molecular complexity index is 2010. The van der Waals surface area contributed by atoms with E-state index in [2.05, 4.69) is 41.5 Å². The zero-order valence-corrected chi connectivity index (χ0v) is 70.8. The smallest absolute Gasteiger partial charge is 0.462 e. The predicted molar refractivity (Wildman–Crippen MR) is 432 cm³/mol. The summed E-state index contributed by atoms with van der Waals surface area (Å²) < 4.78 is 68.9. The number of carbonyl (C=O) groups is 4. The second-order valence-electron chi connectivity index (χ2n) is 31.9. The van der Waals surface area contributed by atoms with Crippen LogP contribution in [0.25, 0.3) is 0 Å². The van der Waals surface area contributed by atoms with Crippen LogP contribution in [-0.4, -0.2) is 96.7 Å². The van der Waals surface area contributed by atoms with Crippen molar-refractivity contribution in [1.29, 1.82) is 0 Å². The molecule has 0 spiro atoms. The fraction of sp³-hybridized carbons (Fsp3) is 0.953. The van der Waals surface area contributed by atoms with Crippen LogP contribution in [-0.2, 0) is 65.4 Å². The summed E-state index contributed by atoms with van der Waals surface area (Å²) in [5, 5.41) is 10.7. The maximum atomic E-state index is 13.1. The number of phosphoric ester groups is 2. The maximum absolute atomic E-state index is 13.1. The highest BCUT2D eigenvalue weighted by molar-refractivity contribution is 7.47. The minimum atomic E-state index is -4.97. The van der Waals surface area contributed by atoms with E-state index >= 15 is 0 Å². The molecule has 624 valence electrons. The molecule has 0 rings (SSSR count). The van der Waals surface area contributed by atoms with Crippen LogP contribution in [0, 0.1) is 11.8 Å². The van der Waals surface area contributed by atoms with Gasteiger partial charge in [-0.05, 0) is 37.5 Å². The lowest BCUT2D eigenvalue weighted by atomic mass is 10.0. The Kier molecular flexibility index (Phi) is 76.0. The quantitative estimate of drug-likeness (QED) is 0.0222. The average Bonchev–Trinajstić information content (AvgIpc) is 0.905.